The first kappa shape index (κ1) is 14.9. The first-order valence-corrected chi connectivity index (χ1v) is 8.22. The summed E-state index contributed by atoms with van der Waals surface area (Å²) >= 11 is 0. The second-order valence-corrected chi connectivity index (χ2v) is 6.22. The third-order valence-electron chi connectivity index (χ3n) is 4.50. The van der Waals surface area contributed by atoms with Crippen LogP contribution in [0.2, 0.25) is 0 Å². The lowest BCUT2D eigenvalue weighted by Crippen LogP contribution is -2.30. The average molecular weight is 321 g/mol. The van der Waals surface area contributed by atoms with Crippen molar-refractivity contribution in [1.82, 2.24) is 10.3 Å². The van der Waals surface area contributed by atoms with E-state index in [0.717, 1.165) is 47.9 Å². The molecule has 3 N–H and O–H groups in total. The van der Waals surface area contributed by atoms with Crippen LogP contribution < -0.4 is 5.32 Å². The van der Waals surface area contributed by atoms with Gasteiger partial charge in [0.15, 0.2) is 11.5 Å². The van der Waals surface area contributed by atoms with Crippen molar-refractivity contribution in [1.29, 1.82) is 0 Å². The normalized spacial score (nSPS) is 18.6. The van der Waals surface area contributed by atoms with Crippen LogP contribution in [-0.4, -0.2) is 34.5 Å². The van der Waals surface area contributed by atoms with E-state index in [0.29, 0.717) is 11.4 Å². The van der Waals surface area contributed by atoms with E-state index in [1.54, 1.807) is 0 Å². The Bertz CT molecular complexity index is 931. The monoisotopic (exact) mass is 321 g/mol. The molecule has 1 unspecified atom stereocenters. The highest BCUT2D eigenvalue weighted by Crippen LogP contribution is 2.38. The molecule has 2 heterocycles. The summed E-state index contributed by atoms with van der Waals surface area (Å²) in [5.74, 6) is 0.0819. The molecule has 3 aromatic rings. The molecule has 24 heavy (non-hydrogen) atoms. The summed E-state index contributed by atoms with van der Waals surface area (Å²) in [6.07, 6.45) is 4.28. The molecule has 0 aliphatic carbocycles. The van der Waals surface area contributed by atoms with Gasteiger partial charge in [-0.1, -0.05) is 18.2 Å². The average Bonchev–Trinajstić information content (AvgIpc) is 2.61. The highest BCUT2D eigenvalue weighted by Gasteiger charge is 2.13. The fourth-order valence-electron chi connectivity index (χ4n) is 3.22. The summed E-state index contributed by atoms with van der Waals surface area (Å²) in [5.41, 5.74) is 2.23. The summed E-state index contributed by atoms with van der Waals surface area (Å²) in [6.45, 7) is 2.01. The Morgan fingerprint density at radius 3 is 2.75 bits per heavy atom. The van der Waals surface area contributed by atoms with E-state index in [1.165, 1.54) is 12.1 Å². The van der Waals surface area contributed by atoms with Crippen molar-refractivity contribution >= 4 is 33.7 Å². The number of aromatic hydroxyl groups is 2. The highest BCUT2D eigenvalue weighted by atomic mass is 16.3. The van der Waals surface area contributed by atoms with Gasteiger partial charge >= 0.3 is 0 Å². The van der Waals surface area contributed by atoms with Gasteiger partial charge in [0.2, 0.25) is 0 Å². The Kier molecular flexibility index (Phi) is 3.78. The number of fused-ring (bicyclic) bond motifs is 2. The summed E-state index contributed by atoms with van der Waals surface area (Å²) < 4.78 is 0. The third-order valence-corrected chi connectivity index (χ3v) is 4.50. The van der Waals surface area contributed by atoms with Gasteiger partial charge in [-0.2, -0.15) is 0 Å². The van der Waals surface area contributed by atoms with E-state index in [1.807, 2.05) is 30.5 Å². The van der Waals surface area contributed by atoms with Crippen LogP contribution in [0.25, 0.3) is 21.8 Å². The van der Waals surface area contributed by atoms with Crippen molar-refractivity contribution in [3.05, 3.63) is 36.4 Å². The molecule has 1 aliphatic rings. The van der Waals surface area contributed by atoms with Gasteiger partial charge in [-0.15, -0.1) is 0 Å². The number of pyridine rings is 1. The Hall–Kier alpha value is -2.66. The molecule has 0 bridgehead atoms. The van der Waals surface area contributed by atoms with E-state index in [-0.39, 0.29) is 11.5 Å². The number of para-hydroxylation sites is 1. The largest absolute Gasteiger partial charge is 0.504 e. The summed E-state index contributed by atoms with van der Waals surface area (Å²) in [5, 5.41) is 24.7. The quantitative estimate of drug-likeness (QED) is 0.383. The standard InChI is InChI=1S/C19H19N3O2/c23-17-8-14-16(9-18(17)24)22-15-6-2-1-5-13(15)19(14)21-11-12-4-3-7-20-10-12/h1-2,5-6,8-9,11-12,20,23-24H,3-4,7,10H2/b21-11-. The fourth-order valence-corrected chi connectivity index (χ4v) is 3.22. The number of hydrogen-bond acceptors (Lipinski definition) is 5. The van der Waals surface area contributed by atoms with Crippen LogP contribution in [0.3, 0.4) is 0 Å². The van der Waals surface area contributed by atoms with Crippen molar-refractivity contribution in [2.75, 3.05) is 13.1 Å². The maximum atomic E-state index is 9.89. The maximum absolute atomic E-state index is 9.89. The molecule has 122 valence electrons. The van der Waals surface area contributed by atoms with Gasteiger partial charge in [0.1, 0.15) is 0 Å². The van der Waals surface area contributed by atoms with Crippen LogP contribution in [0, 0.1) is 5.92 Å². The van der Waals surface area contributed by atoms with Crippen molar-refractivity contribution in [2.24, 2.45) is 10.9 Å². The number of aromatic nitrogens is 1. The molecular formula is C19H19N3O2. The number of nitrogens with zero attached hydrogens (tertiary/aromatic N) is 2. The number of piperidine rings is 1. The van der Waals surface area contributed by atoms with Crippen molar-refractivity contribution in [2.45, 2.75) is 12.8 Å². The van der Waals surface area contributed by atoms with Gasteiger partial charge in [-0.3, -0.25) is 4.99 Å². The zero-order valence-corrected chi connectivity index (χ0v) is 13.2. The zero-order valence-electron chi connectivity index (χ0n) is 13.2. The van der Waals surface area contributed by atoms with E-state index in [9.17, 15) is 10.2 Å². The molecule has 1 saturated heterocycles. The van der Waals surface area contributed by atoms with E-state index in [2.05, 4.69) is 10.3 Å². The van der Waals surface area contributed by atoms with Crippen molar-refractivity contribution in [3.63, 3.8) is 0 Å². The van der Waals surface area contributed by atoms with E-state index < -0.39 is 0 Å². The highest BCUT2D eigenvalue weighted by molar-refractivity contribution is 6.07. The Morgan fingerprint density at radius 2 is 1.92 bits per heavy atom. The van der Waals surface area contributed by atoms with Crippen LogP contribution in [-0.2, 0) is 0 Å². The first-order chi connectivity index (χ1) is 11.7. The summed E-state index contributed by atoms with van der Waals surface area (Å²) in [7, 11) is 0. The van der Waals surface area contributed by atoms with Crippen LogP contribution in [0.5, 0.6) is 11.5 Å². The van der Waals surface area contributed by atoms with Crippen LogP contribution in [0.4, 0.5) is 5.69 Å². The van der Waals surface area contributed by atoms with E-state index in [4.69, 9.17) is 4.99 Å². The lowest BCUT2D eigenvalue weighted by atomic mass is 10.0. The van der Waals surface area contributed by atoms with E-state index >= 15 is 0 Å². The van der Waals surface area contributed by atoms with Gasteiger partial charge < -0.3 is 15.5 Å². The molecule has 1 aromatic heterocycles. The molecule has 2 aromatic carbocycles. The number of phenolic OH excluding ortho intramolecular Hbond substituents is 2. The Balaban J connectivity index is 1.91. The second kappa shape index (κ2) is 6.09. The molecule has 5 nitrogen and oxygen atoms in total. The van der Waals surface area contributed by atoms with Gasteiger partial charge in [-0.25, -0.2) is 4.98 Å². The molecule has 0 radical (unpaired) electrons. The molecule has 0 spiro atoms. The summed E-state index contributed by atoms with van der Waals surface area (Å²) in [4.78, 5) is 9.34. The minimum Gasteiger partial charge on any atom is -0.504 e. The first-order valence-electron chi connectivity index (χ1n) is 8.22. The molecule has 1 atom stereocenters. The number of aliphatic imine (C=N–C) groups is 1. The van der Waals surface area contributed by atoms with Gasteiger partial charge in [0, 0.05) is 35.5 Å². The molecule has 4 rings (SSSR count). The molecule has 0 saturated carbocycles. The lowest BCUT2D eigenvalue weighted by Gasteiger charge is -2.18. The molecule has 1 fully saturated rings. The van der Waals surface area contributed by atoms with Gasteiger partial charge in [0.25, 0.3) is 0 Å². The number of phenols is 2. The molecular weight excluding hydrogens is 302 g/mol. The predicted molar refractivity (Wildman–Crippen MR) is 96.3 cm³/mol. The van der Waals surface area contributed by atoms with Crippen LogP contribution in [0.15, 0.2) is 41.4 Å². The van der Waals surface area contributed by atoms with Crippen LogP contribution in [0.1, 0.15) is 12.8 Å². The number of hydrogen-bond donors (Lipinski definition) is 3. The lowest BCUT2D eigenvalue weighted by molar-refractivity contribution is 0.405. The van der Waals surface area contributed by atoms with Gasteiger partial charge in [0.05, 0.1) is 16.7 Å². The second-order valence-electron chi connectivity index (χ2n) is 6.22. The van der Waals surface area contributed by atoms with Crippen molar-refractivity contribution < 1.29 is 10.2 Å². The minimum absolute atomic E-state index is 0.157. The minimum atomic E-state index is -0.170. The van der Waals surface area contributed by atoms with Crippen molar-refractivity contribution in [3.8, 4) is 11.5 Å². The fraction of sp³-hybridized carbons (Fsp3) is 0.263. The van der Waals surface area contributed by atoms with Crippen LogP contribution >= 0.6 is 0 Å². The number of benzene rings is 2. The predicted octanol–water partition coefficient (Wildman–Crippen LogP) is 3.50. The molecule has 5 heteroatoms. The smallest absolute Gasteiger partial charge is 0.159 e. The number of rotatable bonds is 2. The Labute approximate surface area is 139 Å². The molecule has 1 aliphatic heterocycles. The zero-order chi connectivity index (χ0) is 16.5. The third kappa shape index (κ3) is 2.67. The summed E-state index contributed by atoms with van der Waals surface area (Å²) in [6, 6.07) is 10.8. The SMILES string of the molecule is Oc1cc2nc3ccccc3c(/N=C\C3CCCNC3)c2cc1O. The number of nitrogens with one attached hydrogen (secondary N) is 1. The molecule has 0 amide bonds. The maximum Gasteiger partial charge on any atom is 0.159 e. The van der Waals surface area contributed by atoms with Gasteiger partial charge in [-0.05, 0) is 31.5 Å². The Morgan fingerprint density at radius 1 is 1.08 bits per heavy atom. The topological polar surface area (TPSA) is 77.7 Å².